The minimum atomic E-state index is -1.13. The van der Waals surface area contributed by atoms with Crippen LogP contribution < -0.4 is 0 Å². The van der Waals surface area contributed by atoms with Crippen LogP contribution in [0.2, 0.25) is 0 Å². The maximum Gasteiger partial charge on any atom is 0.248 e. The number of aromatic hydroxyl groups is 1. The Morgan fingerprint density at radius 1 is 1.35 bits per heavy atom. The number of nitrogens with zero attached hydrogens (tertiary/aromatic N) is 1. The van der Waals surface area contributed by atoms with Gasteiger partial charge in [0.2, 0.25) is 5.54 Å². The summed E-state index contributed by atoms with van der Waals surface area (Å²) in [5.41, 5.74) is -0.530. The average Bonchev–Trinajstić information content (AvgIpc) is 2.33. The van der Waals surface area contributed by atoms with E-state index >= 15 is 0 Å². The first kappa shape index (κ1) is 11.4. The van der Waals surface area contributed by atoms with E-state index in [9.17, 15) is 15.2 Å². The molecule has 4 nitrogen and oxygen atoms in total. The molecule has 17 heavy (non-hydrogen) atoms. The van der Waals surface area contributed by atoms with Gasteiger partial charge in [0.15, 0.2) is 0 Å². The Bertz CT molecular complexity index is 493. The lowest BCUT2D eigenvalue weighted by Crippen LogP contribution is -2.38. The summed E-state index contributed by atoms with van der Waals surface area (Å²) in [7, 11) is 0. The van der Waals surface area contributed by atoms with E-state index in [0.29, 0.717) is 12.0 Å². The van der Waals surface area contributed by atoms with Gasteiger partial charge in [0, 0.05) is 16.9 Å². The molecule has 1 atom stereocenters. The van der Waals surface area contributed by atoms with E-state index in [-0.39, 0.29) is 17.1 Å². The number of hydrogen-bond acceptors (Lipinski definition) is 3. The molecule has 0 aromatic heterocycles. The molecule has 0 fully saturated rings. The molecule has 0 saturated heterocycles. The lowest BCUT2D eigenvalue weighted by Gasteiger charge is -2.22. The quantitative estimate of drug-likeness (QED) is 0.642. The largest absolute Gasteiger partial charge is 0.508 e. The van der Waals surface area contributed by atoms with Gasteiger partial charge in [-0.05, 0) is 12.1 Å². The zero-order valence-corrected chi connectivity index (χ0v) is 9.24. The summed E-state index contributed by atoms with van der Waals surface area (Å²) < 4.78 is 0. The molecule has 0 amide bonds. The molecule has 1 unspecified atom stereocenters. The van der Waals surface area contributed by atoms with Crippen molar-refractivity contribution in [2.45, 2.75) is 18.4 Å². The second-order valence-electron chi connectivity index (χ2n) is 4.16. The first-order chi connectivity index (χ1) is 8.14. The van der Waals surface area contributed by atoms with Crippen molar-refractivity contribution < 1.29 is 10.0 Å². The monoisotopic (exact) mass is 231 g/mol. The highest BCUT2D eigenvalue weighted by atomic mass is 16.6. The van der Waals surface area contributed by atoms with Crippen LogP contribution in [0.4, 0.5) is 0 Å². The van der Waals surface area contributed by atoms with Crippen LogP contribution in [-0.2, 0) is 6.42 Å². The molecule has 0 bridgehead atoms. The highest BCUT2D eigenvalue weighted by Crippen LogP contribution is 2.29. The lowest BCUT2D eigenvalue weighted by molar-refractivity contribution is -0.554. The van der Waals surface area contributed by atoms with E-state index < -0.39 is 5.54 Å². The molecule has 1 aliphatic carbocycles. The first-order valence-electron chi connectivity index (χ1n) is 5.40. The van der Waals surface area contributed by atoms with Crippen LogP contribution in [0.3, 0.4) is 0 Å². The normalized spacial score (nSPS) is 22.6. The van der Waals surface area contributed by atoms with Crippen LogP contribution in [0.25, 0.3) is 0 Å². The number of rotatable bonds is 3. The molecule has 2 rings (SSSR count). The first-order valence-corrected chi connectivity index (χ1v) is 5.40. The fourth-order valence-corrected chi connectivity index (χ4v) is 1.97. The average molecular weight is 231 g/mol. The Labute approximate surface area is 99.0 Å². The fourth-order valence-electron chi connectivity index (χ4n) is 1.97. The molecule has 1 aliphatic rings. The smallest absolute Gasteiger partial charge is 0.248 e. The lowest BCUT2D eigenvalue weighted by atomic mass is 9.85. The Hall–Kier alpha value is -2.10. The zero-order valence-electron chi connectivity index (χ0n) is 9.24. The van der Waals surface area contributed by atoms with Crippen molar-refractivity contribution in [1.29, 1.82) is 0 Å². The van der Waals surface area contributed by atoms with Gasteiger partial charge in [0.25, 0.3) is 0 Å². The molecule has 0 radical (unpaired) electrons. The van der Waals surface area contributed by atoms with Crippen molar-refractivity contribution in [3.8, 4) is 5.75 Å². The standard InChI is InChI=1S/C13H13NO3/c15-12-7-3-2-6-11(12)10-13(14(16)17)8-4-1-5-9-13/h1-8,15H,9-10H2. The zero-order chi connectivity index (χ0) is 12.3. The van der Waals surface area contributed by atoms with Gasteiger partial charge >= 0.3 is 0 Å². The van der Waals surface area contributed by atoms with Crippen molar-refractivity contribution in [1.82, 2.24) is 0 Å². The predicted molar refractivity (Wildman–Crippen MR) is 64.4 cm³/mol. The van der Waals surface area contributed by atoms with Crippen LogP contribution >= 0.6 is 0 Å². The van der Waals surface area contributed by atoms with Gasteiger partial charge in [-0.2, -0.15) is 0 Å². The molecule has 1 aromatic carbocycles. The van der Waals surface area contributed by atoms with E-state index in [2.05, 4.69) is 0 Å². The molecular formula is C13H13NO3. The topological polar surface area (TPSA) is 63.4 Å². The van der Waals surface area contributed by atoms with Crippen molar-refractivity contribution in [3.63, 3.8) is 0 Å². The third kappa shape index (κ3) is 2.20. The van der Waals surface area contributed by atoms with E-state index in [1.54, 1.807) is 48.6 Å². The molecule has 1 N–H and O–H groups in total. The minimum Gasteiger partial charge on any atom is -0.508 e. The van der Waals surface area contributed by atoms with E-state index in [1.165, 1.54) is 0 Å². The SMILES string of the molecule is O=[N+]([O-])C1(Cc2ccccc2O)C=CC=CC1. The van der Waals surface area contributed by atoms with Gasteiger partial charge < -0.3 is 5.11 Å². The molecule has 1 aromatic rings. The molecule has 0 heterocycles. The summed E-state index contributed by atoms with van der Waals surface area (Å²) >= 11 is 0. The Kier molecular flexibility index (Phi) is 2.95. The van der Waals surface area contributed by atoms with Crippen molar-refractivity contribution in [2.75, 3.05) is 0 Å². The summed E-state index contributed by atoms with van der Waals surface area (Å²) in [5.74, 6) is 0.108. The van der Waals surface area contributed by atoms with Crippen LogP contribution in [0.1, 0.15) is 12.0 Å². The summed E-state index contributed by atoms with van der Waals surface area (Å²) in [6.07, 6.45) is 7.42. The van der Waals surface area contributed by atoms with Gasteiger partial charge in [-0.1, -0.05) is 36.4 Å². The van der Waals surface area contributed by atoms with Gasteiger partial charge in [0.05, 0.1) is 6.42 Å². The summed E-state index contributed by atoms with van der Waals surface area (Å²) in [4.78, 5) is 11.0. The molecular weight excluding hydrogens is 218 g/mol. The van der Waals surface area contributed by atoms with Crippen LogP contribution in [-0.4, -0.2) is 15.6 Å². The molecule has 0 spiro atoms. The number of phenols is 1. The number of phenolic OH excluding ortho intramolecular Hbond substituents is 1. The number of benzene rings is 1. The third-order valence-electron chi connectivity index (χ3n) is 2.98. The second-order valence-corrected chi connectivity index (χ2v) is 4.16. The number of hydrogen-bond donors (Lipinski definition) is 1. The van der Waals surface area contributed by atoms with Crippen molar-refractivity contribution >= 4 is 0 Å². The fraction of sp³-hybridized carbons (Fsp3) is 0.231. The summed E-state index contributed by atoms with van der Waals surface area (Å²) in [6, 6.07) is 6.73. The Morgan fingerprint density at radius 3 is 2.71 bits per heavy atom. The highest BCUT2D eigenvalue weighted by molar-refractivity contribution is 5.35. The summed E-state index contributed by atoms with van der Waals surface area (Å²) in [6.45, 7) is 0. The maximum absolute atomic E-state index is 11.2. The van der Waals surface area contributed by atoms with Crippen LogP contribution in [0.15, 0.2) is 48.6 Å². The number of allylic oxidation sites excluding steroid dienone is 2. The number of para-hydroxylation sites is 1. The molecule has 0 saturated carbocycles. The van der Waals surface area contributed by atoms with Crippen molar-refractivity contribution in [3.05, 3.63) is 64.2 Å². The van der Waals surface area contributed by atoms with Gasteiger partial charge in [-0.3, -0.25) is 10.1 Å². The molecule has 88 valence electrons. The minimum absolute atomic E-state index is 0.108. The Morgan fingerprint density at radius 2 is 2.12 bits per heavy atom. The van der Waals surface area contributed by atoms with E-state index in [1.807, 2.05) is 0 Å². The summed E-state index contributed by atoms with van der Waals surface area (Å²) in [5, 5.41) is 20.9. The van der Waals surface area contributed by atoms with Crippen molar-refractivity contribution in [2.24, 2.45) is 0 Å². The molecule has 0 aliphatic heterocycles. The third-order valence-corrected chi connectivity index (χ3v) is 2.98. The maximum atomic E-state index is 11.2. The Balaban J connectivity index is 2.32. The molecule has 4 heteroatoms. The van der Waals surface area contributed by atoms with Gasteiger partial charge in [-0.25, -0.2) is 0 Å². The predicted octanol–water partition coefficient (Wildman–Crippen LogP) is 2.47. The number of nitro groups is 1. The highest BCUT2D eigenvalue weighted by Gasteiger charge is 2.40. The van der Waals surface area contributed by atoms with Gasteiger partial charge in [-0.15, -0.1) is 0 Å². The second kappa shape index (κ2) is 4.41. The van der Waals surface area contributed by atoms with Gasteiger partial charge in [0.1, 0.15) is 5.75 Å². The van der Waals surface area contributed by atoms with Crippen LogP contribution in [0.5, 0.6) is 5.75 Å². The van der Waals surface area contributed by atoms with E-state index in [0.717, 1.165) is 0 Å². The van der Waals surface area contributed by atoms with E-state index in [4.69, 9.17) is 0 Å². The van der Waals surface area contributed by atoms with Crippen LogP contribution in [0, 0.1) is 10.1 Å².